The molecule has 3 nitrogen and oxygen atoms in total. The molecule has 0 aliphatic heterocycles. The maximum Gasteiger partial charge on any atom is 0.150 e. The molecule has 0 radical (unpaired) electrons. The molecular formula is C15H27NO2S. The highest BCUT2D eigenvalue weighted by molar-refractivity contribution is 7.91. The van der Waals surface area contributed by atoms with Crippen molar-refractivity contribution >= 4 is 9.84 Å². The normalized spacial score (nSPS) is 39.8. The van der Waals surface area contributed by atoms with Crippen molar-refractivity contribution in [3.63, 3.8) is 0 Å². The van der Waals surface area contributed by atoms with Gasteiger partial charge in [-0.2, -0.15) is 0 Å². The number of nitrogens with one attached hydrogen (secondary N) is 1. The first-order valence-electron chi connectivity index (χ1n) is 7.96. The van der Waals surface area contributed by atoms with Gasteiger partial charge >= 0.3 is 0 Å². The van der Waals surface area contributed by atoms with Gasteiger partial charge in [0.15, 0.2) is 0 Å². The molecule has 19 heavy (non-hydrogen) atoms. The van der Waals surface area contributed by atoms with Crippen molar-refractivity contribution in [3.8, 4) is 0 Å². The van der Waals surface area contributed by atoms with Gasteiger partial charge in [-0.05, 0) is 62.8 Å². The van der Waals surface area contributed by atoms with Crippen molar-refractivity contribution < 1.29 is 8.42 Å². The Kier molecular flexibility index (Phi) is 3.91. The zero-order chi connectivity index (χ0) is 13.5. The summed E-state index contributed by atoms with van der Waals surface area (Å²) in [6, 6.07) is 0.802. The minimum atomic E-state index is -2.83. The van der Waals surface area contributed by atoms with Crippen LogP contribution >= 0.6 is 0 Å². The molecule has 1 N–H and O–H groups in total. The zero-order valence-corrected chi connectivity index (χ0v) is 12.8. The van der Waals surface area contributed by atoms with Gasteiger partial charge < -0.3 is 5.32 Å². The minimum absolute atomic E-state index is 0.0520. The molecule has 0 bridgehead atoms. The lowest BCUT2D eigenvalue weighted by atomic mass is 9.63. The third-order valence-electron chi connectivity index (χ3n) is 5.60. The van der Waals surface area contributed by atoms with Gasteiger partial charge in [-0.3, -0.25) is 0 Å². The first-order valence-corrected chi connectivity index (χ1v) is 9.91. The van der Waals surface area contributed by atoms with E-state index in [4.69, 9.17) is 0 Å². The second-order valence-electron chi connectivity index (χ2n) is 7.06. The van der Waals surface area contributed by atoms with E-state index in [2.05, 4.69) is 5.32 Å². The Morgan fingerprint density at radius 3 is 2.42 bits per heavy atom. The summed E-state index contributed by atoms with van der Waals surface area (Å²) in [5.41, 5.74) is 0. The fourth-order valence-corrected chi connectivity index (χ4v) is 5.22. The van der Waals surface area contributed by atoms with Crippen molar-refractivity contribution in [1.29, 1.82) is 0 Å². The first kappa shape index (κ1) is 13.9. The standard InChI is InChI=1S/C15H27NO2S/c1-19(17,18)14-4-2-3-11(9-14)15-8-5-12(15)10-16-13-6-7-13/h11-16H,2-10H2,1H3. The number of rotatable bonds is 5. The molecule has 4 heteroatoms. The van der Waals surface area contributed by atoms with Crippen molar-refractivity contribution in [2.75, 3.05) is 12.8 Å². The molecule has 3 fully saturated rings. The predicted octanol–water partition coefficient (Wildman–Crippen LogP) is 2.37. The lowest BCUT2D eigenvalue weighted by Crippen LogP contribution is -2.42. The van der Waals surface area contributed by atoms with Gasteiger partial charge in [0.2, 0.25) is 0 Å². The van der Waals surface area contributed by atoms with Crippen LogP contribution in [0.25, 0.3) is 0 Å². The number of hydrogen-bond donors (Lipinski definition) is 1. The highest BCUT2D eigenvalue weighted by atomic mass is 32.2. The van der Waals surface area contributed by atoms with Crippen molar-refractivity contribution in [2.45, 2.75) is 62.7 Å². The predicted molar refractivity (Wildman–Crippen MR) is 77.8 cm³/mol. The Bertz CT molecular complexity index is 416. The van der Waals surface area contributed by atoms with Crippen LogP contribution in [0.5, 0.6) is 0 Å². The van der Waals surface area contributed by atoms with E-state index in [1.54, 1.807) is 0 Å². The van der Waals surface area contributed by atoms with E-state index in [1.807, 2.05) is 0 Å². The maximum atomic E-state index is 11.8. The van der Waals surface area contributed by atoms with Gasteiger partial charge in [0.05, 0.1) is 5.25 Å². The molecule has 0 saturated heterocycles. The molecule has 3 aliphatic carbocycles. The second kappa shape index (κ2) is 5.36. The van der Waals surface area contributed by atoms with Gasteiger partial charge in [-0.25, -0.2) is 8.42 Å². The Morgan fingerprint density at radius 2 is 1.84 bits per heavy atom. The average molecular weight is 285 g/mol. The molecule has 4 unspecified atom stereocenters. The van der Waals surface area contributed by atoms with Crippen LogP contribution in [0.4, 0.5) is 0 Å². The van der Waals surface area contributed by atoms with Crippen LogP contribution in [0.2, 0.25) is 0 Å². The lowest BCUT2D eigenvalue weighted by molar-refractivity contribution is 0.0792. The van der Waals surface area contributed by atoms with Crippen LogP contribution in [0.3, 0.4) is 0 Å². The number of sulfone groups is 1. The molecule has 0 heterocycles. The molecule has 0 aromatic heterocycles. The Hall–Kier alpha value is -0.0900. The van der Waals surface area contributed by atoms with Gasteiger partial charge in [0, 0.05) is 12.3 Å². The topological polar surface area (TPSA) is 46.2 Å². The van der Waals surface area contributed by atoms with Crippen LogP contribution in [0.15, 0.2) is 0 Å². The van der Waals surface area contributed by atoms with E-state index in [1.165, 1.54) is 44.9 Å². The average Bonchev–Trinajstić information content (AvgIpc) is 3.11. The summed E-state index contributed by atoms with van der Waals surface area (Å²) < 4.78 is 23.5. The smallest absolute Gasteiger partial charge is 0.150 e. The zero-order valence-electron chi connectivity index (χ0n) is 12.0. The summed E-state index contributed by atoms with van der Waals surface area (Å²) in [6.07, 6.45) is 11.0. The summed E-state index contributed by atoms with van der Waals surface area (Å²) in [5, 5.41) is 3.60. The third-order valence-corrected chi connectivity index (χ3v) is 7.24. The molecule has 3 aliphatic rings. The van der Waals surface area contributed by atoms with E-state index in [0.717, 1.165) is 37.1 Å². The molecule has 0 amide bonds. The summed E-state index contributed by atoms with van der Waals surface area (Å²) >= 11 is 0. The monoisotopic (exact) mass is 285 g/mol. The van der Waals surface area contributed by atoms with Crippen LogP contribution in [0, 0.1) is 17.8 Å². The maximum absolute atomic E-state index is 11.8. The molecular weight excluding hydrogens is 258 g/mol. The van der Waals surface area contributed by atoms with Gasteiger partial charge in [0.25, 0.3) is 0 Å². The Morgan fingerprint density at radius 1 is 1.05 bits per heavy atom. The quantitative estimate of drug-likeness (QED) is 0.843. The molecule has 4 atom stereocenters. The first-order chi connectivity index (χ1) is 9.04. The Balaban J connectivity index is 1.52. The fraction of sp³-hybridized carbons (Fsp3) is 1.00. The van der Waals surface area contributed by atoms with Gasteiger partial charge in [-0.15, -0.1) is 0 Å². The largest absolute Gasteiger partial charge is 0.314 e. The van der Waals surface area contributed by atoms with Crippen LogP contribution < -0.4 is 5.32 Å². The summed E-state index contributed by atoms with van der Waals surface area (Å²) in [4.78, 5) is 0. The molecule has 110 valence electrons. The highest BCUT2D eigenvalue weighted by Gasteiger charge is 2.40. The van der Waals surface area contributed by atoms with Crippen molar-refractivity contribution in [2.24, 2.45) is 17.8 Å². The van der Waals surface area contributed by atoms with Gasteiger partial charge in [-0.1, -0.05) is 12.8 Å². The molecule has 3 rings (SSSR count). The molecule has 0 spiro atoms. The van der Waals surface area contributed by atoms with Crippen molar-refractivity contribution in [3.05, 3.63) is 0 Å². The molecule has 0 aromatic rings. The SMILES string of the molecule is CS(=O)(=O)C1CCCC(C2CCC2CNC2CC2)C1. The van der Waals surface area contributed by atoms with Crippen molar-refractivity contribution in [1.82, 2.24) is 5.32 Å². The Labute approximate surface area is 117 Å². The van der Waals surface area contributed by atoms with Crippen LogP contribution in [0.1, 0.15) is 51.4 Å². The molecule has 3 saturated carbocycles. The van der Waals surface area contributed by atoms with E-state index < -0.39 is 9.84 Å². The molecule has 0 aromatic carbocycles. The summed E-state index contributed by atoms with van der Waals surface area (Å²) in [6.45, 7) is 1.18. The third kappa shape index (κ3) is 3.33. The minimum Gasteiger partial charge on any atom is -0.314 e. The van der Waals surface area contributed by atoms with E-state index >= 15 is 0 Å². The lowest BCUT2D eigenvalue weighted by Gasteiger charge is -2.45. The fourth-order valence-electron chi connectivity index (χ4n) is 4.03. The number of hydrogen-bond acceptors (Lipinski definition) is 3. The van der Waals surface area contributed by atoms with E-state index in [9.17, 15) is 8.42 Å². The van der Waals surface area contributed by atoms with Crippen LogP contribution in [-0.4, -0.2) is 32.5 Å². The second-order valence-corrected chi connectivity index (χ2v) is 9.39. The van der Waals surface area contributed by atoms with Gasteiger partial charge in [0.1, 0.15) is 9.84 Å². The highest BCUT2D eigenvalue weighted by Crippen LogP contribution is 2.46. The van der Waals surface area contributed by atoms with E-state index in [-0.39, 0.29) is 5.25 Å². The van der Waals surface area contributed by atoms with Crippen LogP contribution in [-0.2, 0) is 9.84 Å². The summed E-state index contributed by atoms with van der Waals surface area (Å²) in [7, 11) is -2.83. The summed E-state index contributed by atoms with van der Waals surface area (Å²) in [5.74, 6) is 2.30. The van der Waals surface area contributed by atoms with E-state index in [0.29, 0.717) is 5.92 Å².